The Balaban J connectivity index is 1.85. The molecule has 0 spiro atoms. The number of urea groups is 1. The van der Waals surface area contributed by atoms with Crippen LogP contribution in [0, 0.1) is 0 Å². The third kappa shape index (κ3) is 9.04. The van der Waals surface area contributed by atoms with Crippen molar-refractivity contribution in [1.82, 2.24) is 10.6 Å². The number of amides is 2. The molecule has 0 bridgehead atoms. The van der Waals surface area contributed by atoms with Crippen LogP contribution in [0.5, 0.6) is 0 Å². The molecule has 0 radical (unpaired) electrons. The number of hydrogen-bond acceptors (Lipinski definition) is 4. The lowest BCUT2D eigenvalue weighted by Crippen LogP contribution is -2.36. The van der Waals surface area contributed by atoms with Gasteiger partial charge in [-0.1, -0.05) is 28.0 Å². The van der Waals surface area contributed by atoms with E-state index >= 15 is 0 Å². The van der Waals surface area contributed by atoms with E-state index in [0.717, 1.165) is 18.1 Å². The molecule has 1 heterocycles. The topological polar surface area (TPSA) is 78.4 Å². The van der Waals surface area contributed by atoms with Crippen molar-refractivity contribution in [2.45, 2.75) is 43.8 Å². The molecule has 1 fully saturated rings. The molecule has 0 aromatic carbocycles. The van der Waals surface area contributed by atoms with Crippen LogP contribution in [-0.4, -0.2) is 41.2 Å². The zero-order valence-electron chi connectivity index (χ0n) is 11.0. The number of carbonyl (C=O) groups is 2. The number of carboxylic acid groups (broad SMARTS) is 1. The van der Waals surface area contributed by atoms with Crippen molar-refractivity contribution in [3.63, 3.8) is 0 Å². The molecule has 2 amide bonds. The summed E-state index contributed by atoms with van der Waals surface area (Å²) in [5.41, 5.74) is 0. The number of hydrogen-bond donors (Lipinski definition) is 3. The van der Waals surface area contributed by atoms with Crippen molar-refractivity contribution in [3.8, 4) is 0 Å². The van der Waals surface area contributed by atoms with Crippen LogP contribution < -0.4 is 10.6 Å². The van der Waals surface area contributed by atoms with Gasteiger partial charge >= 0.3 is 12.0 Å². The molecule has 110 valence electrons. The molecule has 5 nitrogen and oxygen atoms in total. The first-order chi connectivity index (χ1) is 9.18. The van der Waals surface area contributed by atoms with Crippen LogP contribution in [-0.2, 0) is 4.79 Å². The van der Waals surface area contributed by atoms with Gasteiger partial charge in [0.05, 0.1) is 0 Å². The third-order valence-corrected chi connectivity index (χ3v) is 5.83. The monoisotopic (exact) mass is 306 g/mol. The first-order valence-electron chi connectivity index (χ1n) is 6.70. The maximum atomic E-state index is 11.3. The van der Waals surface area contributed by atoms with Crippen LogP contribution >= 0.6 is 21.6 Å². The van der Waals surface area contributed by atoms with E-state index in [-0.39, 0.29) is 12.5 Å². The van der Waals surface area contributed by atoms with E-state index in [9.17, 15) is 9.59 Å². The molecule has 1 saturated heterocycles. The summed E-state index contributed by atoms with van der Waals surface area (Å²) in [7, 11) is 3.95. The van der Waals surface area contributed by atoms with E-state index in [2.05, 4.69) is 10.6 Å². The molecule has 0 saturated carbocycles. The summed E-state index contributed by atoms with van der Waals surface area (Å²) in [5, 5.41) is 14.7. The first kappa shape index (κ1) is 16.5. The molecule has 7 heteroatoms. The molecule has 0 aromatic heterocycles. The van der Waals surface area contributed by atoms with Crippen molar-refractivity contribution in [3.05, 3.63) is 0 Å². The number of carbonyl (C=O) groups excluding carboxylic acids is 1. The maximum absolute atomic E-state index is 11.3. The van der Waals surface area contributed by atoms with Crippen molar-refractivity contribution >= 4 is 33.6 Å². The molecule has 19 heavy (non-hydrogen) atoms. The smallest absolute Gasteiger partial charge is 0.314 e. The second-order valence-electron chi connectivity index (χ2n) is 4.50. The highest BCUT2D eigenvalue weighted by Crippen LogP contribution is 2.39. The predicted octanol–water partition coefficient (Wildman–Crippen LogP) is 2.47. The van der Waals surface area contributed by atoms with Crippen molar-refractivity contribution in [2.24, 2.45) is 0 Å². The summed E-state index contributed by atoms with van der Waals surface area (Å²) in [6.45, 7) is 1.10. The third-order valence-electron chi connectivity index (χ3n) is 2.82. The van der Waals surface area contributed by atoms with Gasteiger partial charge in [-0.05, 0) is 25.7 Å². The fourth-order valence-corrected chi connectivity index (χ4v) is 4.80. The summed E-state index contributed by atoms with van der Waals surface area (Å²) >= 11 is 0. The van der Waals surface area contributed by atoms with Gasteiger partial charge in [0.15, 0.2) is 0 Å². The Morgan fingerprint density at radius 1 is 1.16 bits per heavy atom. The number of rotatable bonds is 9. The second-order valence-corrected chi connectivity index (χ2v) is 7.29. The Morgan fingerprint density at radius 2 is 1.89 bits per heavy atom. The Labute approximate surface area is 122 Å². The SMILES string of the molecule is O=C(O)CCCNC(=O)NCCCCC1CCSS1. The van der Waals surface area contributed by atoms with E-state index in [1.54, 1.807) is 0 Å². The van der Waals surface area contributed by atoms with E-state index in [4.69, 9.17) is 5.11 Å². The summed E-state index contributed by atoms with van der Waals surface area (Å²) in [6, 6.07) is -0.198. The van der Waals surface area contributed by atoms with Gasteiger partial charge < -0.3 is 15.7 Å². The van der Waals surface area contributed by atoms with Gasteiger partial charge in [0.25, 0.3) is 0 Å². The summed E-state index contributed by atoms with van der Waals surface area (Å²) in [4.78, 5) is 21.6. The largest absolute Gasteiger partial charge is 0.481 e. The minimum Gasteiger partial charge on any atom is -0.481 e. The van der Waals surface area contributed by atoms with E-state index in [0.29, 0.717) is 19.5 Å². The van der Waals surface area contributed by atoms with E-state index < -0.39 is 5.97 Å². The Bertz CT molecular complexity index is 284. The van der Waals surface area contributed by atoms with Crippen LogP contribution in [0.25, 0.3) is 0 Å². The number of carboxylic acids is 1. The standard InChI is InChI=1S/C12H22N2O3S2/c15-11(16)5-3-8-14-12(17)13-7-2-1-4-10-6-9-18-19-10/h10H,1-9H2,(H,15,16)(H2,13,14,17). The Kier molecular flexibility index (Phi) is 8.90. The minimum absolute atomic E-state index is 0.0946. The highest BCUT2D eigenvalue weighted by atomic mass is 33.1. The predicted molar refractivity (Wildman–Crippen MR) is 80.6 cm³/mol. The summed E-state index contributed by atoms with van der Waals surface area (Å²) in [6.07, 6.45) is 5.27. The van der Waals surface area contributed by atoms with Crippen LogP contribution in [0.15, 0.2) is 0 Å². The minimum atomic E-state index is -0.829. The van der Waals surface area contributed by atoms with Crippen LogP contribution in [0.1, 0.15) is 38.5 Å². The van der Waals surface area contributed by atoms with Gasteiger partial charge in [-0.25, -0.2) is 4.79 Å². The maximum Gasteiger partial charge on any atom is 0.314 e. The average molecular weight is 306 g/mol. The lowest BCUT2D eigenvalue weighted by Gasteiger charge is -2.08. The van der Waals surface area contributed by atoms with Crippen molar-refractivity contribution in [1.29, 1.82) is 0 Å². The summed E-state index contributed by atoms with van der Waals surface area (Å²) < 4.78 is 0. The Morgan fingerprint density at radius 3 is 2.53 bits per heavy atom. The molecule has 1 aliphatic rings. The van der Waals surface area contributed by atoms with Gasteiger partial charge in [0, 0.05) is 30.5 Å². The number of aliphatic carboxylic acids is 1. The van der Waals surface area contributed by atoms with Crippen molar-refractivity contribution < 1.29 is 14.7 Å². The fraction of sp³-hybridized carbons (Fsp3) is 0.833. The van der Waals surface area contributed by atoms with Crippen LogP contribution in [0.3, 0.4) is 0 Å². The molecule has 0 aromatic rings. The molecular formula is C12H22N2O3S2. The molecule has 1 atom stereocenters. The average Bonchev–Trinajstić information content (AvgIpc) is 2.87. The quantitative estimate of drug-likeness (QED) is 0.450. The van der Waals surface area contributed by atoms with Gasteiger partial charge in [0.2, 0.25) is 0 Å². The first-order valence-corrected chi connectivity index (χ1v) is 9.08. The normalized spacial score (nSPS) is 18.2. The molecule has 3 N–H and O–H groups in total. The molecule has 1 rings (SSSR count). The van der Waals surface area contributed by atoms with Gasteiger partial charge in [-0.3, -0.25) is 4.79 Å². The molecular weight excluding hydrogens is 284 g/mol. The van der Waals surface area contributed by atoms with Gasteiger partial charge in [-0.15, -0.1) is 0 Å². The lowest BCUT2D eigenvalue weighted by atomic mass is 10.1. The molecule has 0 aliphatic carbocycles. The summed E-state index contributed by atoms with van der Waals surface area (Å²) in [5.74, 6) is 0.442. The second kappa shape index (κ2) is 10.3. The zero-order valence-corrected chi connectivity index (χ0v) is 12.7. The highest BCUT2D eigenvalue weighted by Gasteiger charge is 2.15. The van der Waals surface area contributed by atoms with Crippen LogP contribution in [0.2, 0.25) is 0 Å². The fourth-order valence-electron chi connectivity index (χ4n) is 1.77. The van der Waals surface area contributed by atoms with Gasteiger partial charge in [-0.2, -0.15) is 0 Å². The molecule has 1 unspecified atom stereocenters. The number of unbranched alkanes of at least 4 members (excludes halogenated alkanes) is 1. The lowest BCUT2D eigenvalue weighted by molar-refractivity contribution is -0.137. The van der Waals surface area contributed by atoms with E-state index in [1.807, 2.05) is 21.6 Å². The van der Waals surface area contributed by atoms with E-state index in [1.165, 1.54) is 18.6 Å². The Hall–Kier alpha value is -0.560. The van der Waals surface area contributed by atoms with Crippen LogP contribution in [0.4, 0.5) is 4.79 Å². The molecule has 1 aliphatic heterocycles. The zero-order chi connectivity index (χ0) is 13.9. The van der Waals surface area contributed by atoms with Gasteiger partial charge in [0.1, 0.15) is 0 Å². The van der Waals surface area contributed by atoms with Crippen molar-refractivity contribution in [2.75, 3.05) is 18.8 Å². The highest BCUT2D eigenvalue weighted by molar-refractivity contribution is 8.77. The number of nitrogens with one attached hydrogen (secondary N) is 2.